The standard InChI is InChI=1S/2C10H13NO4/c2*1-11-7(10(14)15)4-6-2-3-8(12)9(13)5-6/h2*2-3,5,7,11-13H,4H2,1H3,(H,14,15)/t2*7-/m00/s1. The molecule has 0 spiro atoms. The van der Waals surface area contributed by atoms with Gasteiger partial charge >= 0.3 is 11.9 Å². The van der Waals surface area contributed by atoms with Crippen LogP contribution in [0.4, 0.5) is 0 Å². The van der Waals surface area contributed by atoms with E-state index in [-0.39, 0.29) is 35.8 Å². The predicted molar refractivity (Wildman–Crippen MR) is 108 cm³/mol. The Kier molecular flexibility index (Phi) is 9.40. The van der Waals surface area contributed by atoms with Crippen LogP contribution in [0.3, 0.4) is 0 Å². The largest absolute Gasteiger partial charge is 0.504 e. The lowest BCUT2D eigenvalue weighted by Crippen LogP contribution is -2.35. The molecule has 0 radical (unpaired) electrons. The summed E-state index contributed by atoms with van der Waals surface area (Å²) in [4.78, 5) is 21.4. The lowest BCUT2D eigenvalue weighted by molar-refractivity contribution is -0.140. The van der Waals surface area contributed by atoms with E-state index in [1.54, 1.807) is 26.2 Å². The van der Waals surface area contributed by atoms with Crippen LogP contribution < -0.4 is 10.6 Å². The van der Waals surface area contributed by atoms with E-state index in [1.165, 1.54) is 24.3 Å². The summed E-state index contributed by atoms with van der Waals surface area (Å²) in [6.45, 7) is 0. The molecule has 0 aliphatic carbocycles. The Hall–Kier alpha value is -3.50. The van der Waals surface area contributed by atoms with Gasteiger partial charge in [0.1, 0.15) is 12.1 Å². The first-order chi connectivity index (χ1) is 14.1. The van der Waals surface area contributed by atoms with Gasteiger partial charge in [-0.3, -0.25) is 9.59 Å². The smallest absolute Gasteiger partial charge is 0.321 e. The third-order valence-corrected chi connectivity index (χ3v) is 4.25. The lowest BCUT2D eigenvalue weighted by Gasteiger charge is -2.11. The van der Waals surface area contributed by atoms with E-state index in [2.05, 4.69) is 10.6 Å². The van der Waals surface area contributed by atoms with Crippen molar-refractivity contribution in [3.05, 3.63) is 47.5 Å². The minimum absolute atomic E-state index is 0.213. The maximum absolute atomic E-state index is 10.7. The number of aromatic hydroxyl groups is 4. The van der Waals surface area contributed by atoms with Gasteiger partial charge in [-0.25, -0.2) is 0 Å². The second-order valence-electron chi connectivity index (χ2n) is 6.41. The van der Waals surface area contributed by atoms with Crippen molar-refractivity contribution >= 4 is 11.9 Å². The van der Waals surface area contributed by atoms with Gasteiger partial charge in [-0.15, -0.1) is 0 Å². The molecule has 8 N–H and O–H groups in total. The van der Waals surface area contributed by atoms with Crippen LogP contribution >= 0.6 is 0 Å². The Morgan fingerprint density at radius 1 is 0.700 bits per heavy atom. The molecular weight excluding hydrogens is 396 g/mol. The van der Waals surface area contributed by atoms with Crippen LogP contribution in [0.25, 0.3) is 0 Å². The van der Waals surface area contributed by atoms with Crippen molar-refractivity contribution in [1.29, 1.82) is 0 Å². The average molecular weight is 422 g/mol. The van der Waals surface area contributed by atoms with Crippen LogP contribution in [0.1, 0.15) is 11.1 Å². The summed E-state index contributed by atoms with van der Waals surface area (Å²) in [6, 6.07) is 7.11. The molecule has 0 heterocycles. The third-order valence-electron chi connectivity index (χ3n) is 4.25. The maximum atomic E-state index is 10.7. The van der Waals surface area contributed by atoms with Crippen molar-refractivity contribution in [2.24, 2.45) is 0 Å². The summed E-state index contributed by atoms with van der Waals surface area (Å²) >= 11 is 0. The van der Waals surface area contributed by atoms with Gasteiger partial charge in [0.2, 0.25) is 0 Å². The summed E-state index contributed by atoms with van der Waals surface area (Å²) in [5.74, 6) is -2.82. The van der Waals surface area contributed by atoms with Crippen LogP contribution in [0.5, 0.6) is 23.0 Å². The number of hydrogen-bond donors (Lipinski definition) is 8. The molecule has 0 saturated heterocycles. The second kappa shape index (κ2) is 11.5. The van der Waals surface area contributed by atoms with Crippen molar-refractivity contribution in [3.63, 3.8) is 0 Å². The van der Waals surface area contributed by atoms with E-state index in [1.807, 2.05) is 0 Å². The molecule has 0 bridgehead atoms. The van der Waals surface area contributed by atoms with Crippen LogP contribution in [-0.4, -0.2) is 68.8 Å². The quantitative estimate of drug-likeness (QED) is 0.281. The van der Waals surface area contributed by atoms with E-state index in [4.69, 9.17) is 20.4 Å². The van der Waals surface area contributed by atoms with Gasteiger partial charge in [0.05, 0.1) is 0 Å². The molecule has 2 atom stereocenters. The van der Waals surface area contributed by atoms with E-state index >= 15 is 0 Å². The molecule has 2 aromatic rings. The van der Waals surface area contributed by atoms with Crippen molar-refractivity contribution < 1.29 is 40.2 Å². The molecule has 0 aliphatic heterocycles. The van der Waals surface area contributed by atoms with Gasteiger partial charge in [-0.05, 0) is 62.3 Å². The fourth-order valence-corrected chi connectivity index (χ4v) is 2.49. The number of hydrogen-bond acceptors (Lipinski definition) is 8. The number of nitrogens with one attached hydrogen (secondary N) is 2. The van der Waals surface area contributed by atoms with Crippen molar-refractivity contribution in [2.45, 2.75) is 24.9 Å². The Bertz CT molecular complexity index is 800. The minimum Gasteiger partial charge on any atom is -0.504 e. The van der Waals surface area contributed by atoms with E-state index in [0.717, 1.165) is 0 Å². The molecule has 0 aromatic heterocycles. The van der Waals surface area contributed by atoms with Gasteiger partial charge in [0, 0.05) is 0 Å². The third kappa shape index (κ3) is 7.49. The Morgan fingerprint density at radius 2 is 1.03 bits per heavy atom. The van der Waals surface area contributed by atoms with Crippen molar-refractivity contribution in [3.8, 4) is 23.0 Å². The topological polar surface area (TPSA) is 180 Å². The molecule has 164 valence electrons. The summed E-state index contributed by atoms with van der Waals surface area (Å²) in [6.07, 6.45) is 0.499. The maximum Gasteiger partial charge on any atom is 0.321 e. The SMILES string of the molecule is CN[C@@H](Cc1ccc(O)c(O)c1)C(=O)O.CN[C@@H](Cc1ccc(O)c(O)c1)C(=O)O. The highest BCUT2D eigenvalue weighted by Crippen LogP contribution is 2.26. The van der Waals surface area contributed by atoms with Gasteiger partial charge in [0.15, 0.2) is 23.0 Å². The number of carbonyl (C=O) groups is 2. The first kappa shape index (κ1) is 24.5. The van der Waals surface area contributed by atoms with Gasteiger partial charge in [-0.2, -0.15) is 0 Å². The second-order valence-corrected chi connectivity index (χ2v) is 6.41. The van der Waals surface area contributed by atoms with E-state index < -0.39 is 24.0 Å². The van der Waals surface area contributed by atoms with Crippen LogP contribution in [0.15, 0.2) is 36.4 Å². The highest BCUT2D eigenvalue weighted by atomic mass is 16.4. The molecule has 0 amide bonds. The number of benzene rings is 2. The number of aliphatic carboxylic acids is 2. The van der Waals surface area contributed by atoms with E-state index in [9.17, 15) is 19.8 Å². The molecule has 0 fully saturated rings. The summed E-state index contributed by atoms with van der Waals surface area (Å²) in [7, 11) is 3.11. The Labute approximate surface area is 173 Å². The molecule has 0 aliphatic rings. The molecule has 30 heavy (non-hydrogen) atoms. The molecule has 10 nitrogen and oxygen atoms in total. The van der Waals surface area contributed by atoms with Gasteiger partial charge in [-0.1, -0.05) is 12.1 Å². The number of rotatable bonds is 8. The molecule has 10 heteroatoms. The first-order valence-corrected chi connectivity index (χ1v) is 8.90. The van der Waals surface area contributed by atoms with E-state index in [0.29, 0.717) is 11.1 Å². The first-order valence-electron chi connectivity index (χ1n) is 8.90. The zero-order valence-electron chi connectivity index (χ0n) is 16.5. The summed E-state index contributed by atoms with van der Waals surface area (Å²) in [5, 5.41) is 59.4. The number of carboxylic acids is 2. The van der Waals surface area contributed by atoms with Crippen LogP contribution in [0, 0.1) is 0 Å². The molecule has 2 rings (SSSR count). The molecule has 2 aromatic carbocycles. The lowest BCUT2D eigenvalue weighted by atomic mass is 10.1. The average Bonchev–Trinajstić information content (AvgIpc) is 2.69. The minimum atomic E-state index is -0.954. The van der Waals surface area contributed by atoms with Gasteiger partial charge in [0.25, 0.3) is 0 Å². The van der Waals surface area contributed by atoms with Crippen LogP contribution in [-0.2, 0) is 22.4 Å². The predicted octanol–water partition coefficient (Wildman–Crippen LogP) is 0.626. The molecule has 0 unspecified atom stereocenters. The molecule has 0 saturated carbocycles. The zero-order valence-corrected chi connectivity index (χ0v) is 16.5. The zero-order chi connectivity index (χ0) is 22.8. The summed E-state index contributed by atoms with van der Waals surface area (Å²) in [5.41, 5.74) is 1.29. The number of likely N-dealkylation sites (N-methyl/N-ethyl adjacent to an activating group) is 2. The normalized spacial score (nSPS) is 12.3. The monoisotopic (exact) mass is 422 g/mol. The highest BCUT2D eigenvalue weighted by molar-refractivity contribution is 5.74. The fraction of sp³-hybridized carbons (Fsp3) is 0.300. The number of phenols is 4. The van der Waals surface area contributed by atoms with Crippen molar-refractivity contribution in [1.82, 2.24) is 10.6 Å². The Morgan fingerprint density at radius 3 is 1.27 bits per heavy atom. The summed E-state index contributed by atoms with van der Waals surface area (Å²) < 4.78 is 0. The highest BCUT2D eigenvalue weighted by Gasteiger charge is 2.16. The van der Waals surface area contributed by atoms with Crippen molar-refractivity contribution in [2.75, 3.05) is 14.1 Å². The number of phenolic OH excluding ortho intramolecular Hbond substituents is 4. The molecular formula is C20H26N2O8. The Balaban J connectivity index is 0.000000300. The van der Waals surface area contributed by atoms with Crippen LogP contribution in [0.2, 0.25) is 0 Å². The van der Waals surface area contributed by atoms with Gasteiger partial charge < -0.3 is 41.3 Å². The fourth-order valence-electron chi connectivity index (χ4n) is 2.49. The number of carboxylic acid groups (broad SMARTS) is 2.